The molecule has 0 bridgehead atoms. The Kier molecular flexibility index (Phi) is 2.10. The Balaban J connectivity index is 2.01. The van der Waals surface area contributed by atoms with Gasteiger partial charge in [0, 0.05) is 18.4 Å². The summed E-state index contributed by atoms with van der Waals surface area (Å²) >= 11 is 0. The fourth-order valence-electron chi connectivity index (χ4n) is 2.55. The highest BCUT2D eigenvalue weighted by Crippen LogP contribution is 2.34. The molecular formula is C10H15NO2. The van der Waals surface area contributed by atoms with Gasteiger partial charge in [0.05, 0.1) is 0 Å². The van der Waals surface area contributed by atoms with Gasteiger partial charge >= 0.3 is 0 Å². The summed E-state index contributed by atoms with van der Waals surface area (Å²) in [5.41, 5.74) is 0. The van der Waals surface area contributed by atoms with Gasteiger partial charge in [0.15, 0.2) is 0 Å². The van der Waals surface area contributed by atoms with Crippen molar-refractivity contribution in [3.8, 4) is 0 Å². The van der Waals surface area contributed by atoms with Crippen molar-refractivity contribution in [3.63, 3.8) is 0 Å². The SMILES string of the molecule is CC(=O)C1CCC2NC(=O)CC2C1. The molecule has 3 atom stereocenters. The topological polar surface area (TPSA) is 46.2 Å². The molecule has 3 unspecified atom stereocenters. The summed E-state index contributed by atoms with van der Waals surface area (Å²) < 4.78 is 0. The van der Waals surface area contributed by atoms with Crippen molar-refractivity contribution in [2.45, 2.75) is 38.6 Å². The fraction of sp³-hybridized carbons (Fsp3) is 0.800. The van der Waals surface area contributed by atoms with Gasteiger partial charge in [-0.05, 0) is 32.1 Å². The van der Waals surface area contributed by atoms with Gasteiger partial charge in [-0.15, -0.1) is 0 Å². The third-order valence-electron chi connectivity index (χ3n) is 3.35. The van der Waals surface area contributed by atoms with E-state index in [9.17, 15) is 9.59 Å². The monoisotopic (exact) mass is 181 g/mol. The first kappa shape index (κ1) is 8.73. The molecule has 13 heavy (non-hydrogen) atoms. The van der Waals surface area contributed by atoms with Crippen molar-refractivity contribution in [2.24, 2.45) is 11.8 Å². The van der Waals surface area contributed by atoms with Crippen molar-refractivity contribution in [1.29, 1.82) is 0 Å². The first-order valence-corrected chi connectivity index (χ1v) is 4.96. The van der Waals surface area contributed by atoms with E-state index in [1.807, 2.05) is 0 Å². The van der Waals surface area contributed by atoms with Crippen molar-refractivity contribution < 1.29 is 9.59 Å². The zero-order valence-electron chi connectivity index (χ0n) is 7.88. The summed E-state index contributed by atoms with van der Waals surface area (Å²) in [6.45, 7) is 1.66. The maximum absolute atomic E-state index is 11.2. The minimum Gasteiger partial charge on any atom is -0.353 e. The molecular weight excluding hydrogens is 166 g/mol. The number of rotatable bonds is 1. The van der Waals surface area contributed by atoms with Crippen LogP contribution in [0.4, 0.5) is 0 Å². The molecule has 3 heteroatoms. The van der Waals surface area contributed by atoms with E-state index in [-0.39, 0.29) is 17.6 Å². The Morgan fingerprint density at radius 3 is 2.92 bits per heavy atom. The third-order valence-corrected chi connectivity index (χ3v) is 3.35. The van der Waals surface area contributed by atoms with Crippen LogP contribution in [-0.2, 0) is 9.59 Å². The van der Waals surface area contributed by atoms with Crippen LogP contribution in [0.5, 0.6) is 0 Å². The van der Waals surface area contributed by atoms with Crippen LogP contribution in [0, 0.1) is 11.8 Å². The van der Waals surface area contributed by atoms with Crippen molar-refractivity contribution in [2.75, 3.05) is 0 Å². The molecule has 2 fully saturated rings. The van der Waals surface area contributed by atoms with Gasteiger partial charge in [-0.1, -0.05) is 0 Å². The molecule has 1 N–H and O–H groups in total. The van der Waals surface area contributed by atoms with E-state index in [0.717, 1.165) is 19.3 Å². The van der Waals surface area contributed by atoms with E-state index in [1.165, 1.54) is 0 Å². The zero-order valence-corrected chi connectivity index (χ0v) is 7.88. The van der Waals surface area contributed by atoms with Gasteiger partial charge in [-0.3, -0.25) is 9.59 Å². The number of fused-ring (bicyclic) bond motifs is 1. The Morgan fingerprint density at radius 2 is 2.23 bits per heavy atom. The lowest BCUT2D eigenvalue weighted by molar-refractivity contribution is -0.122. The highest BCUT2D eigenvalue weighted by Gasteiger charge is 2.38. The van der Waals surface area contributed by atoms with Crippen LogP contribution < -0.4 is 5.32 Å². The predicted octanol–water partition coefficient (Wildman–Crippen LogP) is 0.880. The molecule has 1 aliphatic carbocycles. The van der Waals surface area contributed by atoms with Gasteiger partial charge in [0.2, 0.25) is 5.91 Å². The standard InChI is InChI=1S/C10H15NO2/c1-6(12)7-2-3-9-8(4-7)5-10(13)11-9/h7-9H,2-5H2,1H3,(H,11,13). The second-order valence-electron chi connectivity index (χ2n) is 4.26. The smallest absolute Gasteiger partial charge is 0.220 e. The molecule has 2 rings (SSSR count). The van der Waals surface area contributed by atoms with Crippen LogP contribution in [0.3, 0.4) is 0 Å². The summed E-state index contributed by atoms with van der Waals surface area (Å²) in [6, 6.07) is 0.364. The number of carbonyl (C=O) groups excluding carboxylic acids is 2. The number of nitrogens with one attached hydrogen (secondary N) is 1. The third kappa shape index (κ3) is 1.60. The average molecular weight is 181 g/mol. The van der Waals surface area contributed by atoms with Crippen molar-refractivity contribution >= 4 is 11.7 Å². The number of carbonyl (C=O) groups is 2. The summed E-state index contributed by atoms with van der Waals surface area (Å²) in [6.07, 6.45) is 3.49. The molecule has 1 saturated heterocycles. The second-order valence-corrected chi connectivity index (χ2v) is 4.26. The number of hydrogen-bond acceptors (Lipinski definition) is 2. The molecule has 0 radical (unpaired) electrons. The van der Waals surface area contributed by atoms with Gasteiger partial charge in [-0.2, -0.15) is 0 Å². The van der Waals surface area contributed by atoms with E-state index >= 15 is 0 Å². The first-order valence-electron chi connectivity index (χ1n) is 4.96. The highest BCUT2D eigenvalue weighted by molar-refractivity contribution is 5.81. The average Bonchev–Trinajstić information content (AvgIpc) is 2.42. The molecule has 0 aromatic carbocycles. The molecule has 72 valence electrons. The summed E-state index contributed by atoms with van der Waals surface area (Å²) in [7, 11) is 0. The van der Waals surface area contributed by atoms with Crippen LogP contribution in [0.2, 0.25) is 0 Å². The minimum absolute atomic E-state index is 0.166. The summed E-state index contributed by atoms with van der Waals surface area (Å²) in [5.74, 6) is 1.10. The maximum atomic E-state index is 11.2. The van der Waals surface area contributed by atoms with E-state index < -0.39 is 0 Å². The van der Waals surface area contributed by atoms with E-state index in [2.05, 4.69) is 5.32 Å². The summed E-state index contributed by atoms with van der Waals surface area (Å²) in [5, 5.41) is 2.97. The molecule has 2 aliphatic rings. The van der Waals surface area contributed by atoms with Crippen molar-refractivity contribution in [1.82, 2.24) is 5.32 Å². The Bertz CT molecular complexity index is 249. The first-order chi connectivity index (χ1) is 6.16. The van der Waals surface area contributed by atoms with Gasteiger partial charge < -0.3 is 5.32 Å². The molecule has 1 aliphatic heterocycles. The molecule has 3 nitrogen and oxygen atoms in total. The van der Waals surface area contributed by atoms with Crippen LogP contribution in [0.25, 0.3) is 0 Å². The van der Waals surface area contributed by atoms with Crippen LogP contribution in [0.1, 0.15) is 32.6 Å². The molecule has 1 heterocycles. The fourth-order valence-corrected chi connectivity index (χ4v) is 2.55. The molecule has 1 saturated carbocycles. The number of Topliss-reactive ketones (excluding diaryl/α,β-unsaturated/α-hetero) is 1. The molecule has 1 amide bonds. The lowest BCUT2D eigenvalue weighted by Crippen LogP contribution is -2.35. The van der Waals surface area contributed by atoms with Gasteiger partial charge in [0.25, 0.3) is 0 Å². The highest BCUT2D eigenvalue weighted by atomic mass is 16.2. The Morgan fingerprint density at radius 1 is 1.46 bits per heavy atom. The molecule has 0 spiro atoms. The van der Waals surface area contributed by atoms with Crippen molar-refractivity contribution in [3.05, 3.63) is 0 Å². The van der Waals surface area contributed by atoms with E-state index in [4.69, 9.17) is 0 Å². The second kappa shape index (κ2) is 3.13. The zero-order chi connectivity index (χ0) is 9.42. The van der Waals surface area contributed by atoms with Crippen LogP contribution in [-0.4, -0.2) is 17.7 Å². The van der Waals surface area contributed by atoms with Crippen LogP contribution in [0.15, 0.2) is 0 Å². The quantitative estimate of drug-likeness (QED) is 0.652. The Hall–Kier alpha value is -0.860. The largest absolute Gasteiger partial charge is 0.353 e. The predicted molar refractivity (Wildman–Crippen MR) is 48.1 cm³/mol. The normalized spacial score (nSPS) is 38.2. The minimum atomic E-state index is 0.166. The Labute approximate surface area is 77.9 Å². The molecule has 0 aromatic heterocycles. The van der Waals surface area contributed by atoms with E-state index in [0.29, 0.717) is 18.4 Å². The van der Waals surface area contributed by atoms with Crippen LogP contribution >= 0.6 is 0 Å². The van der Waals surface area contributed by atoms with E-state index in [1.54, 1.807) is 6.92 Å². The van der Waals surface area contributed by atoms with Gasteiger partial charge in [-0.25, -0.2) is 0 Å². The number of amides is 1. The lowest BCUT2D eigenvalue weighted by Gasteiger charge is -2.29. The number of hydrogen-bond donors (Lipinski definition) is 1. The number of ketones is 1. The molecule has 0 aromatic rings. The maximum Gasteiger partial charge on any atom is 0.220 e. The lowest BCUT2D eigenvalue weighted by atomic mass is 9.77. The van der Waals surface area contributed by atoms with Gasteiger partial charge in [0.1, 0.15) is 5.78 Å². The summed E-state index contributed by atoms with van der Waals surface area (Å²) in [4.78, 5) is 22.3.